The van der Waals surface area contributed by atoms with Crippen molar-refractivity contribution in [3.63, 3.8) is 0 Å². The quantitative estimate of drug-likeness (QED) is 0.257. The maximum absolute atomic E-state index is 5.09. The molecule has 1 aromatic carbocycles. The largest absolute Gasteiger partial charge is 0.254 e. The third-order valence-electron chi connectivity index (χ3n) is 6.34. The topological polar surface area (TPSA) is 25.8 Å². The van der Waals surface area contributed by atoms with Crippen LogP contribution < -0.4 is 0 Å². The highest BCUT2D eigenvalue weighted by molar-refractivity contribution is 6.03. The molecule has 0 radical (unpaired) electrons. The second kappa shape index (κ2) is 7.13. The molecule has 2 heterocycles. The number of hydrogen-bond donors (Lipinski definition) is 0. The average molecular weight is 419 g/mol. The van der Waals surface area contributed by atoms with Crippen LogP contribution in [0.25, 0.3) is 44.2 Å². The molecule has 0 atom stereocenters. The van der Waals surface area contributed by atoms with Gasteiger partial charge in [0, 0.05) is 22.5 Å². The molecule has 2 aromatic heterocycles. The van der Waals surface area contributed by atoms with Crippen LogP contribution in [0, 0.1) is 0 Å². The van der Waals surface area contributed by atoms with Crippen molar-refractivity contribution in [3.8, 4) is 22.4 Å². The summed E-state index contributed by atoms with van der Waals surface area (Å²) in [4.78, 5) is 9.71. The van der Waals surface area contributed by atoms with E-state index >= 15 is 0 Å². The van der Waals surface area contributed by atoms with E-state index in [1.165, 1.54) is 22.3 Å². The van der Waals surface area contributed by atoms with E-state index in [2.05, 4.69) is 107 Å². The summed E-state index contributed by atoms with van der Waals surface area (Å²) in [5.74, 6) is 0. The van der Waals surface area contributed by atoms with Gasteiger partial charge in [0.05, 0.1) is 16.7 Å². The minimum absolute atomic E-state index is 0.0598. The van der Waals surface area contributed by atoms with E-state index < -0.39 is 0 Å². The zero-order valence-corrected chi connectivity index (χ0v) is 19.8. The first-order chi connectivity index (χ1) is 15.1. The van der Waals surface area contributed by atoms with E-state index in [0.717, 1.165) is 33.1 Å². The van der Waals surface area contributed by atoms with Crippen molar-refractivity contribution in [2.75, 3.05) is 0 Å². The van der Waals surface area contributed by atoms with Crippen LogP contribution >= 0.6 is 0 Å². The highest BCUT2D eigenvalue weighted by atomic mass is 14.7. The standard InChI is InChI=1S/C30H30N2/c1-29(2,3)24-18-25(30(4,5)6)23-17-21(9-7-11-22(23)24)26-15-14-20-13-12-19-10-8-16-31-27(19)28(20)32-26/h7-18H,1-6H3. The van der Waals surface area contributed by atoms with Gasteiger partial charge in [0.15, 0.2) is 0 Å². The zero-order valence-electron chi connectivity index (χ0n) is 19.8. The van der Waals surface area contributed by atoms with Gasteiger partial charge in [-0.1, -0.05) is 90.1 Å². The Bertz CT molecular complexity index is 1430. The molecule has 0 N–H and O–H groups in total. The molecule has 2 aliphatic carbocycles. The highest BCUT2D eigenvalue weighted by Crippen LogP contribution is 2.44. The summed E-state index contributed by atoms with van der Waals surface area (Å²) < 4.78 is 0. The van der Waals surface area contributed by atoms with Crippen molar-refractivity contribution < 1.29 is 0 Å². The van der Waals surface area contributed by atoms with Crippen LogP contribution in [-0.2, 0) is 10.8 Å². The first kappa shape index (κ1) is 20.6. The lowest BCUT2D eigenvalue weighted by molar-refractivity contribution is 0.581. The Hall–Kier alpha value is -3.26. The number of fused-ring (bicyclic) bond motifs is 4. The SMILES string of the molecule is CC(C)(C)c1cc(C(C)(C)C)c2cc(-c3ccc4ccc5cccnc5c4n3)cccc1-2. The molecule has 160 valence electrons. The summed E-state index contributed by atoms with van der Waals surface area (Å²) in [7, 11) is 0. The van der Waals surface area contributed by atoms with Gasteiger partial charge in [-0.25, -0.2) is 4.98 Å². The third kappa shape index (κ3) is 3.44. The second-order valence-corrected chi connectivity index (χ2v) is 10.8. The lowest BCUT2D eigenvalue weighted by Gasteiger charge is -2.19. The van der Waals surface area contributed by atoms with Crippen molar-refractivity contribution in [1.29, 1.82) is 0 Å². The molecular weight excluding hydrogens is 388 g/mol. The highest BCUT2D eigenvalue weighted by Gasteiger charge is 2.28. The molecule has 3 aromatic rings. The monoisotopic (exact) mass is 418 g/mol. The number of hydrogen-bond acceptors (Lipinski definition) is 2. The van der Waals surface area contributed by atoms with E-state index in [1.54, 1.807) is 0 Å². The maximum atomic E-state index is 5.09. The molecule has 0 spiro atoms. The van der Waals surface area contributed by atoms with Crippen LogP contribution in [-0.4, -0.2) is 9.97 Å². The Balaban J connectivity index is 1.76. The lowest BCUT2D eigenvalue weighted by atomic mass is 9.85. The zero-order chi connectivity index (χ0) is 22.7. The fourth-order valence-electron chi connectivity index (χ4n) is 4.66. The first-order valence-corrected chi connectivity index (χ1v) is 11.4. The summed E-state index contributed by atoms with van der Waals surface area (Å²) in [5, 5.41) is 2.23. The molecule has 0 saturated carbocycles. The van der Waals surface area contributed by atoms with E-state index in [-0.39, 0.29) is 10.8 Å². The van der Waals surface area contributed by atoms with Crippen molar-refractivity contribution in [2.24, 2.45) is 0 Å². The molecule has 2 aliphatic rings. The smallest absolute Gasteiger partial charge is 0.0972 e. The molecule has 0 saturated heterocycles. The van der Waals surface area contributed by atoms with Crippen molar-refractivity contribution in [1.82, 2.24) is 9.97 Å². The van der Waals surface area contributed by atoms with Gasteiger partial charge in [-0.15, -0.1) is 0 Å². The summed E-state index contributed by atoms with van der Waals surface area (Å²) in [6.07, 6.45) is 1.84. The Labute approximate surface area is 190 Å². The predicted octanol–water partition coefficient (Wildman–Crippen LogP) is 8.15. The molecular formula is C30H30N2. The minimum Gasteiger partial charge on any atom is -0.254 e. The average Bonchev–Trinajstić information content (AvgIpc) is 2.99. The number of rotatable bonds is 1. The van der Waals surface area contributed by atoms with Gasteiger partial charge < -0.3 is 0 Å². The minimum atomic E-state index is 0.0598. The summed E-state index contributed by atoms with van der Waals surface area (Å²) in [5.41, 5.74) is 9.61. The van der Waals surface area contributed by atoms with Gasteiger partial charge >= 0.3 is 0 Å². The third-order valence-corrected chi connectivity index (χ3v) is 6.34. The second-order valence-electron chi connectivity index (χ2n) is 10.8. The molecule has 0 fully saturated rings. The summed E-state index contributed by atoms with van der Waals surface area (Å²) in [6, 6.07) is 24.0. The molecule has 2 nitrogen and oxygen atoms in total. The summed E-state index contributed by atoms with van der Waals surface area (Å²) in [6.45, 7) is 13.8. The summed E-state index contributed by atoms with van der Waals surface area (Å²) >= 11 is 0. The number of aromatic nitrogens is 2. The number of nitrogens with zero attached hydrogens (tertiary/aromatic N) is 2. The molecule has 0 amide bonds. The van der Waals surface area contributed by atoms with Crippen LogP contribution in [0.15, 0.2) is 72.9 Å². The molecule has 32 heavy (non-hydrogen) atoms. The fourth-order valence-corrected chi connectivity index (χ4v) is 4.66. The van der Waals surface area contributed by atoms with E-state index in [4.69, 9.17) is 4.98 Å². The van der Waals surface area contributed by atoms with E-state index in [0.29, 0.717) is 0 Å². The molecule has 2 heteroatoms. The molecule has 0 bridgehead atoms. The molecule has 0 aliphatic heterocycles. The molecule has 5 rings (SSSR count). The van der Waals surface area contributed by atoms with Crippen LogP contribution in [0.2, 0.25) is 0 Å². The van der Waals surface area contributed by atoms with Crippen LogP contribution in [0.5, 0.6) is 0 Å². The maximum Gasteiger partial charge on any atom is 0.0972 e. The van der Waals surface area contributed by atoms with Gasteiger partial charge in [-0.3, -0.25) is 4.98 Å². The van der Waals surface area contributed by atoms with Gasteiger partial charge in [0.1, 0.15) is 0 Å². The molecule has 0 unspecified atom stereocenters. The van der Waals surface area contributed by atoms with E-state index in [9.17, 15) is 0 Å². The van der Waals surface area contributed by atoms with Crippen molar-refractivity contribution in [2.45, 2.75) is 52.4 Å². The first-order valence-electron chi connectivity index (χ1n) is 11.4. The van der Waals surface area contributed by atoms with Crippen molar-refractivity contribution in [3.05, 3.63) is 84.1 Å². The Morgan fingerprint density at radius 3 is 1.97 bits per heavy atom. The normalized spacial score (nSPS) is 12.7. The number of pyridine rings is 2. The Kier molecular flexibility index (Phi) is 4.60. The van der Waals surface area contributed by atoms with Gasteiger partial charge in [-0.05, 0) is 51.3 Å². The van der Waals surface area contributed by atoms with Gasteiger partial charge in [-0.2, -0.15) is 0 Å². The Morgan fingerprint density at radius 2 is 1.25 bits per heavy atom. The lowest BCUT2D eigenvalue weighted by Crippen LogP contribution is -2.11. The van der Waals surface area contributed by atoms with Crippen LogP contribution in [0.1, 0.15) is 52.7 Å². The van der Waals surface area contributed by atoms with Gasteiger partial charge in [0.2, 0.25) is 0 Å². The van der Waals surface area contributed by atoms with E-state index in [1.807, 2.05) is 12.3 Å². The van der Waals surface area contributed by atoms with Crippen LogP contribution in [0.4, 0.5) is 0 Å². The van der Waals surface area contributed by atoms with Crippen LogP contribution in [0.3, 0.4) is 0 Å². The van der Waals surface area contributed by atoms with Crippen molar-refractivity contribution >= 4 is 21.8 Å². The fraction of sp³-hybridized carbons (Fsp3) is 0.267. The Morgan fingerprint density at radius 1 is 0.594 bits per heavy atom. The van der Waals surface area contributed by atoms with Gasteiger partial charge in [0.25, 0.3) is 0 Å². The predicted molar refractivity (Wildman–Crippen MR) is 137 cm³/mol. The number of benzene rings is 1.